The van der Waals surface area contributed by atoms with Gasteiger partial charge in [0.1, 0.15) is 5.65 Å². The minimum absolute atomic E-state index is 0.735. The number of aromatic nitrogens is 2. The predicted octanol–water partition coefficient (Wildman–Crippen LogP) is 2.30. The average Bonchev–Trinajstić information content (AvgIpc) is 2.33. The van der Waals surface area contributed by atoms with Crippen molar-refractivity contribution in [3.05, 3.63) is 35.2 Å². The minimum atomic E-state index is 0.735. The molecule has 0 unspecified atom stereocenters. The van der Waals surface area contributed by atoms with Gasteiger partial charge in [0.15, 0.2) is 0 Å². The van der Waals surface area contributed by atoms with Crippen LogP contribution in [0.25, 0.3) is 5.65 Å². The van der Waals surface area contributed by atoms with Crippen LogP contribution in [0.5, 0.6) is 0 Å². The fourth-order valence-electron chi connectivity index (χ4n) is 1.08. The van der Waals surface area contributed by atoms with Gasteiger partial charge in [0.2, 0.25) is 0 Å². The molecule has 3 heteroatoms. The molecule has 0 saturated heterocycles. The van der Waals surface area contributed by atoms with Crippen LogP contribution in [0.2, 0.25) is 5.02 Å². The van der Waals surface area contributed by atoms with Crippen LogP contribution >= 0.6 is 11.6 Å². The van der Waals surface area contributed by atoms with Gasteiger partial charge in [-0.3, -0.25) is 0 Å². The van der Waals surface area contributed by atoms with Gasteiger partial charge in [0.25, 0.3) is 0 Å². The summed E-state index contributed by atoms with van der Waals surface area (Å²) < 4.78 is 1.96. The molecule has 2 rings (SSSR count). The van der Waals surface area contributed by atoms with E-state index in [-0.39, 0.29) is 0 Å². The molecule has 11 heavy (non-hydrogen) atoms. The molecule has 0 N–H and O–H groups in total. The fourth-order valence-corrected chi connectivity index (χ4v) is 1.24. The van der Waals surface area contributed by atoms with Gasteiger partial charge < -0.3 is 4.40 Å². The summed E-state index contributed by atoms with van der Waals surface area (Å²) in [5.74, 6) is 0. The smallest absolute Gasteiger partial charge is 0.136 e. The lowest BCUT2D eigenvalue weighted by molar-refractivity contribution is 1.11. The van der Waals surface area contributed by atoms with Gasteiger partial charge in [-0.25, -0.2) is 4.98 Å². The van der Waals surface area contributed by atoms with Gasteiger partial charge in [0.05, 0.1) is 5.02 Å². The predicted molar refractivity (Wildman–Crippen MR) is 44.9 cm³/mol. The molecule has 0 amide bonds. The summed E-state index contributed by atoms with van der Waals surface area (Å²) in [6.45, 7) is 2.00. The summed E-state index contributed by atoms with van der Waals surface area (Å²) in [5, 5.41) is 0.735. The molecule has 2 aromatic rings. The lowest BCUT2D eigenvalue weighted by Gasteiger charge is -1.95. The van der Waals surface area contributed by atoms with Crippen molar-refractivity contribution in [3.8, 4) is 0 Å². The quantitative estimate of drug-likeness (QED) is 0.587. The number of aryl methyl sites for hydroxylation is 1. The number of hydrogen-bond acceptors (Lipinski definition) is 1. The molecule has 0 radical (unpaired) electrons. The van der Waals surface area contributed by atoms with Crippen LogP contribution in [0, 0.1) is 6.92 Å². The number of pyridine rings is 1. The maximum Gasteiger partial charge on any atom is 0.136 e. The Balaban J connectivity index is 2.87. The normalized spacial score (nSPS) is 10.7. The molecule has 0 aliphatic rings. The topological polar surface area (TPSA) is 17.3 Å². The van der Waals surface area contributed by atoms with Crippen LogP contribution in [0.1, 0.15) is 5.69 Å². The Morgan fingerprint density at radius 3 is 3.09 bits per heavy atom. The van der Waals surface area contributed by atoms with E-state index in [1.165, 1.54) is 0 Å². The molecule has 0 spiro atoms. The van der Waals surface area contributed by atoms with Crippen molar-refractivity contribution in [3.63, 3.8) is 0 Å². The summed E-state index contributed by atoms with van der Waals surface area (Å²) in [6, 6.07) is 3.73. The molecule has 0 saturated carbocycles. The zero-order valence-electron chi connectivity index (χ0n) is 6.08. The number of hydrogen-bond donors (Lipinski definition) is 0. The number of halogens is 1. The van der Waals surface area contributed by atoms with E-state index in [0.717, 1.165) is 16.4 Å². The second-order valence-corrected chi connectivity index (χ2v) is 2.91. The summed E-state index contributed by atoms with van der Waals surface area (Å²) in [5.41, 5.74) is 2.04. The van der Waals surface area contributed by atoms with E-state index < -0.39 is 0 Å². The zero-order valence-corrected chi connectivity index (χ0v) is 6.84. The van der Waals surface area contributed by atoms with Gasteiger partial charge in [-0.1, -0.05) is 11.6 Å². The van der Waals surface area contributed by atoms with Gasteiger partial charge in [-0.2, -0.15) is 0 Å². The first-order valence-corrected chi connectivity index (χ1v) is 3.74. The number of nitrogens with zero attached hydrogens (tertiary/aromatic N) is 2. The van der Waals surface area contributed by atoms with Crippen molar-refractivity contribution in [1.82, 2.24) is 9.38 Å². The molecule has 2 aromatic heterocycles. The molecule has 0 bridgehead atoms. The Hall–Kier alpha value is -1.02. The van der Waals surface area contributed by atoms with Gasteiger partial charge >= 0.3 is 0 Å². The van der Waals surface area contributed by atoms with Gasteiger partial charge in [0, 0.05) is 18.1 Å². The molecule has 0 aliphatic heterocycles. The van der Waals surface area contributed by atoms with Crippen molar-refractivity contribution in [2.24, 2.45) is 0 Å². The first-order valence-electron chi connectivity index (χ1n) is 3.36. The Morgan fingerprint density at radius 1 is 1.45 bits per heavy atom. The molecule has 0 aromatic carbocycles. The van der Waals surface area contributed by atoms with Crippen LogP contribution in [0.3, 0.4) is 0 Å². The van der Waals surface area contributed by atoms with Gasteiger partial charge in [-0.05, 0) is 19.1 Å². The number of fused-ring (bicyclic) bond motifs is 1. The third kappa shape index (κ3) is 0.994. The third-order valence-corrected chi connectivity index (χ3v) is 1.88. The molecular formula is C8H7ClN2. The first-order chi connectivity index (χ1) is 5.27. The lowest BCUT2D eigenvalue weighted by Crippen LogP contribution is -1.85. The summed E-state index contributed by atoms with van der Waals surface area (Å²) in [6.07, 6.45) is 3.69. The minimum Gasteiger partial charge on any atom is -0.303 e. The van der Waals surface area contributed by atoms with Crippen LogP contribution in [-0.4, -0.2) is 9.38 Å². The van der Waals surface area contributed by atoms with Crippen LogP contribution < -0.4 is 0 Å². The number of rotatable bonds is 0. The van der Waals surface area contributed by atoms with Gasteiger partial charge in [-0.15, -0.1) is 0 Å². The Morgan fingerprint density at radius 2 is 2.27 bits per heavy atom. The van der Waals surface area contributed by atoms with E-state index in [1.807, 2.05) is 35.9 Å². The van der Waals surface area contributed by atoms with E-state index in [1.54, 1.807) is 0 Å². The molecule has 2 heterocycles. The zero-order chi connectivity index (χ0) is 7.84. The Labute approximate surface area is 69.4 Å². The first kappa shape index (κ1) is 6.68. The second-order valence-electron chi connectivity index (χ2n) is 2.48. The highest BCUT2D eigenvalue weighted by atomic mass is 35.5. The second kappa shape index (κ2) is 2.24. The van der Waals surface area contributed by atoms with E-state index in [4.69, 9.17) is 11.6 Å². The van der Waals surface area contributed by atoms with E-state index in [0.29, 0.717) is 0 Å². The summed E-state index contributed by atoms with van der Waals surface area (Å²) >= 11 is 5.80. The van der Waals surface area contributed by atoms with Crippen LogP contribution in [0.15, 0.2) is 24.5 Å². The van der Waals surface area contributed by atoms with Crippen molar-refractivity contribution in [2.75, 3.05) is 0 Å². The summed E-state index contributed by atoms with van der Waals surface area (Å²) in [7, 11) is 0. The largest absolute Gasteiger partial charge is 0.303 e. The summed E-state index contributed by atoms with van der Waals surface area (Å²) in [4.78, 5) is 4.16. The molecular weight excluding hydrogens is 160 g/mol. The third-order valence-electron chi connectivity index (χ3n) is 1.65. The monoisotopic (exact) mass is 166 g/mol. The fraction of sp³-hybridized carbons (Fsp3) is 0.125. The number of imidazole rings is 1. The van der Waals surface area contributed by atoms with E-state index >= 15 is 0 Å². The van der Waals surface area contributed by atoms with Crippen LogP contribution in [-0.2, 0) is 0 Å². The Bertz CT molecular complexity index is 392. The SMILES string of the molecule is Cc1cnc2ccc(Cl)cn12. The van der Waals surface area contributed by atoms with E-state index in [2.05, 4.69) is 4.98 Å². The van der Waals surface area contributed by atoms with Crippen LogP contribution in [0.4, 0.5) is 0 Å². The molecule has 0 aliphatic carbocycles. The highest BCUT2D eigenvalue weighted by Gasteiger charge is 1.97. The standard InChI is InChI=1S/C8H7ClN2/c1-6-4-10-8-3-2-7(9)5-11(6)8/h2-5H,1H3. The van der Waals surface area contributed by atoms with Crippen molar-refractivity contribution in [2.45, 2.75) is 6.92 Å². The maximum atomic E-state index is 5.80. The lowest BCUT2D eigenvalue weighted by atomic mass is 10.4. The van der Waals surface area contributed by atoms with Crippen molar-refractivity contribution < 1.29 is 0 Å². The molecule has 0 fully saturated rings. The molecule has 2 nitrogen and oxygen atoms in total. The highest BCUT2D eigenvalue weighted by Crippen LogP contribution is 2.11. The van der Waals surface area contributed by atoms with Crippen molar-refractivity contribution in [1.29, 1.82) is 0 Å². The Kier molecular flexibility index (Phi) is 1.36. The van der Waals surface area contributed by atoms with Crippen molar-refractivity contribution >= 4 is 17.2 Å². The molecule has 0 atom stereocenters. The maximum absolute atomic E-state index is 5.80. The molecule has 56 valence electrons. The van der Waals surface area contributed by atoms with E-state index in [9.17, 15) is 0 Å². The highest BCUT2D eigenvalue weighted by molar-refractivity contribution is 6.30. The average molecular weight is 167 g/mol.